The number of benzene rings is 2. The van der Waals surface area contributed by atoms with Gasteiger partial charge in [-0.3, -0.25) is 9.69 Å². The number of rotatable bonds is 6. The fourth-order valence-corrected chi connectivity index (χ4v) is 5.24. The lowest BCUT2D eigenvalue weighted by Gasteiger charge is -2.34. The maximum absolute atomic E-state index is 13.3. The summed E-state index contributed by atoms with van der Waals surface area (Å²) in [5.41, 5.74) is 3.15. The smallest absolute Gasteiger partial charge is 0.264 e. The third-order valence-electron chi connectivity index (χ3n) is 6.17. The summed E-state index contributed by atoms with van der Waals surface area (Å²) in [4.78, 5) is 19.2. The van der Waals surface area contributed by atoms with Crippen LogP contribution in [0.15, 0.2) is 54.6 Å². The van der Waals surface area contributed by atoms with Crippen LogP contribution < -0.4 is 9.47 Å². The van der Waals surface area contributed by atoms with Crippen LogP contribution in [-0.4, -0.2) is 65.5 Å². The van der Waals surface area contributed by atoms with Crippen molar-refractivity contribution in [3.05, 3.63) is 70.7 Å². The van der Waals surface area contributed by atoms with Gasteiger partial charge in [0.1, 0.15) is 23.1 Å². The van der Waals surface area contributed by atoms with Crippen molar-refractivity contribution in [1.29, 1.82) is 0 Å². The molecule has 7 nitrogen and oxygen atoms in total. The Kier molecular flexibility index (Phi) is 6.26. The number of carbonyl (C=O) groups is 1. The normalized spacial score (nSPS) is 14.5. The number of hydrogen-bond donors (Lipinski definition) is 0. The molecule has 0 aliphatic carbocycles. The highest BCUT2D eigenvalue weighted by Crippen LogP contribution is 2.31. The van der Waals surface area contributed by atoms with Gasteiger partial charge < -0.3 is 14.4 Å². The standard InChI is InChI=1S/C26H28N4O3S/c1-18-4-6-20(7-5-18)30-26-23(19(2)27-30)16-24(34-26)25(31)29-14-12-28(13-15-29)17-33-22-10-8-21(32-3)9-11-22/h4-11,16H,12-15,17H2,1-3H3. The molecule has 4 aromatic rings. The molecule has 0 saturated carbocycles. The summed E-state index contributed by atoms with van der Waals surface area (Å²) in [6, 6.07) is 17.9. The number of aromatic nitrogens is 2. The molecule has 2 aromatic carbocycles. The number of methoxy groups -OCH3 is 1. The Morgan fingerprint density at radius 3 is 2.32 bits per heavy atom. The van der Waals surface area contributed by atoms with Crippen molar-refractivity contribution in [1.82, 2.24) is 19.6 Å². The van der Waals surface area contributed by atoms with Gasteiger partial charge in [0, 0.05) is 31.6 Å². The molecule has 0 bridgehead atoms. The lowest BCUT2D eigenvalue weighted by atomic mass is 10.2. The van der Waals surface area contributed by atoms with Crippen LogP contribution in [0.25, 0.3) is 15.9 Å². The molecule has 5 rings (SSSR count). The lowest BCUT2D eigenvalue weighted by molar-refractivity contribution is 0.0485. The van der Waals surface area contributed by atoms with Crippen molar-refractivity contribution < 1.29 is 14.3 Å². The number of thiophene rings is 1. The SMILES string of the molecule is COc1ccc(OCN2CCN(C(=O)c3cc4c(C)nn(-c5ccc(C)cc5)c4s3)CC2)cc1. The molecule has 1 aliphatic heterocycles. The molecule has 2 aromatic heterocycles. The van der Waals surface area contributed by atoms with Crippen LogP contribution in [0.3, 0.4) is 0 Å². The Hall–Kier alpha value is -3.36. The number of aryl methyl sites for hydroxylation is 2. The Labute approximate surface area is 203 Å². The predicted molar refractivity (Wildman–Crippen MR) is 134 cm³/mol. The van der Waals surface area contributed by atoms with Crippen LogP contribution in [0.5, 0.6) is 11.5 Å². The Morgan fingerprint density at radius 1 is 0.971 bits per heavy atom. The van der Waals surface area contributed by atoms with Gasteiger partial charge in [-0.15, -0.1) is 11.3 Å². The van der Waals surface area contributed by atoms with E-state index in [0.717, 1.165) is 51.1 Å². The molecule has 1 amide bonds. The number of hydrogen-bond acceptors (Lipinski definition) is 6. The van der Waals surface area contributed by atoms with Crippen molar-refractivity contribution in [3.8, 4) is 17.2 Å². The fourth-order valence-electron chi connectivity index (χ4n) is 4.09. The minimum Gasteiger partial charge on any atom is -0.497 e. The number of carbonyl (C=O) groups excluding carboxylic acids is 1. The Morgan fingerprint density at radius 2 is 1.65 bits per heavy atom. The summed E-state index contributed by atoms with van der Waals surface area (Å²) < 4.78 is 13.0. The number of amides is 1. The maximum Gasteiger partial charge on any atom is 0.264 e. The van der Waals surface area contributed by atoms with Gasteiger partial charge in [0.25, 0.3) is 5.91 Å². The van der Waals surface area contributed by atoms with Gasteiger partial charge in [-0.05, 0) is 56.3 Å². The second-order valence-electron chi connectivity index (χ2n) is 8.52. The molecule has 176 valence electrons. The van der Waals surface area contributed by atoms with E-state index in [9.17, 15) is 4.79 Å². The Bertz CT molecular complexity index is 1290. The lowest BCUT2D eigenvalue weighted by Crippen LogP contribution is -2.49. The minimum absolute atomic E-state index is 0.0896. The molecular weight excluding hydrogens is 448 g/mol. The van der Waals surface area contributed by atoms with E-state index in [1.54, 1.807) is 7.11 Å². The maximum atomic E-state index is 13.3. The highest BCUT2D eigenvalue weighted by atomic mass is 32.1. The summed E-state index contributed by atoms with van der Waals surface area (Å²) in [6.07, 6.45) is 0. The third-order valence-corrected chi connectivity index (χ3v) is 7.27. The van der Waals surface area contributed by atoms with Crippen molar-refractivity contribution in [2.24, 2.45) is 0 Å². The summed E-state index contributed by atoms with van der Waals surface area (Å²) in [7, 11) is 1.65. The monoisotopic (exact) mass is 476 g/mol. The van der Waals surface area contributed by atoms with Crippen LogP contribution in [0.2, 0.25) is 0 Å². The first-order valence-electron chi connectivity index (χ1n) is 11.4. The number of fused-ring (bicyclic) bond motifs is 1. The van der Waals surface area contributed by atoms with Crippen LogP contribution >= 0.6 is 11.3 Å². The highest BCUT2D eigenvalue weighted by Gasteiger charge is 2.25. The summed E-state index contributed by atoms with van der Waals surface area (Å²) in [6.45, 7) is 7.50. The van der Waals surface area contributed by atoms with Gasteiger partial charge in [0.15, 0.2) is 0 Å². The van der Waals surface area contributed by atoms with E-state index in [-0.39, 0.29) is 5.91 Å². The van der Waals surface area contributed by atoms with E-state index in [4.69, 9.17) is 14.6 Å². The van der Waals surface area contributed by atoms with Crippen LogP contribution in [0, 0.1) is 13.8 Å². The number of ether oxygens (including phenoxy) is 2. The van der Waals surface area contributed by atoms with Gasteiger partial charge in [-0.1, -0.05) is 17.7 Å². The van der Waals surface area contributed by atoms with Crippen molar-refractivity contribution in [2.45, 2.75) is 13.8 Å². The molecule has 0 atom stereocenters. The van der Waals surface area contributed by atoms with Gasteiger partial charge in [0.2, 0.25) is 0 Å². The van der Waals surface area contributed by atoms with Crippen molar-refractivity contribution >= 4 is 27.5 Å². The van der Waals surface area contributed by atoms with Crippen molar-refractivity contribution in [2.75, 3.05) is 40.0 Å². The van der Waals surface area contributed by atoms with E-state index < -0.39 is 0 Å². The van der Waals surface area contributed by atoms with Crippen LogP contribution in [0.1, 0.15) is 20.9 Å². The van der Waals surface area contributed by atoms with Crippen molar-refractivity contribution in [3.63, 3.8) is 0 Å². The first kappa shape index (κ1) is 22.4. The molecule has 3 heterocycles. The quantitative estimate of drug-likeness (QED) is 0.410. The van der Waals surface area contributed by atoms with Crippen LogP contribution in [-0.2, 0) is 0 Å². The molecule has 1 fully saturated rings. The molecule has 34 heavy (non-hydrogen) atoms. The zero-order valence-electron chi connectivity index (χ0n) is 19.7. The molecule has 0 N–H and O–H groups in total. The van der Waals surface area contributed by atoms with E-state index in [1.165, 1.54) is 16.9 Å². The molecule has 0 spiro atoms. The average molecular weight is 477 g/mol. The minimum atomic E-state index is 0.0896. The summed E-state index contributed by atoms with van der Waals surface area (Å²) in [5.74, 6) is 1.71. The largest absolute Gasteiger partial charge is 0.497 e. The zero-order valence-corrected chi connectivity index (χ0v) is 20.5. The highest BCUT2D eigenvalue weighted by molar-refractivity contribution is 7.20. The summed E-state index contributed by atoms with van der Waals surface area (Å²) in [5, 5.41) is 5.74. The van der Waals surface area contributed by atoms with E-state index in [1.807, 2.05) is 46.8 Å². The number of piperazine rings is 1. The molecule has 1 aliphatic rings. The second-order valence-corrected chi connectivity index (χ2v) is 9.55. The summed E-state index contributed by atoms with van der Waals surface area (Å²) >= 11 is 1.52. The van der Waals surface area contributed by atoms with E-state index in [0.29, 0.717) is 19.8 Å². The molecule has 0 radical (unpaired) electrons. The third kappa shape index (κ3) is 4.51. The van der Waals surface area contributed by atoms with E-state index >= 15 is 0 Å². The molecule has 0 unspecified atom stereocenters. The van der Waals surface area contributed by atoms with Crippen LogP contribution in [0.4, 0.5) is 0 Å². The number of nitrogens with zero attached hydrogens (tertiary/aromatic N) is 4. The molecule has 1 saturated heterocycles. The average Bonchev–Trinajstić information content (AvgIpc) is 3.44. The van der Waals surface area contributed by atoms with Gasteiger partial charge in [0.05, 0.1) is 23.4 Å². The second kappa shape index (κ2) is 9.48. The van der Waals surface area contributed by atoms with Gasteiger partial charge in [-0.25, -0.2) is 4.68 Å². The Balaban J connectivity index is 1.22. The molecule has 8 heteroatoms. The van der Waals surface area contributed by atoms with E-state index in [2.05, 4.69) is 36.1 Å². The van der Waals surface area contributed by atoms with Gasteiger partial charge in [-0.2, -0.15) is 5.10 Å². The first-order chi connectivity index (χ1) is 16.5. The first-order valence-corrected chi connectivity index (χ1v) is 12.2. The molecular formula is C26H28N4O3S. The topological polar surface area (TPSA) is 59.8 Å². The predicted octanol–water partition coefficient (Wildman–Crippen LogP) is 4.51. The fraction of sp³-hybridized carbons (Fsp3) is 0.308. The van der Waals surface area contributed by atoms with Gasteiger partial charge >= 0.3 is 0 Å². The zero-order chi connectivity index (χ0) is 23.7.